The highest BCUT2D eigenvalue weighted by molar-refractivity contribution is 4.88. The van der Waals surface area contributed by atoms with Crippen molar-refractivity contribution >= 4 is 0 Å². The van der Waals surface area contributed by atoms with Crippen molar-refractivity contribution in [2.24, 2.45) is 11.3 Å². The van der Waals surface area contributed by atoms with Gasteiger partial charge in [-0.3, -0.25) is 0 Å². The van der Waals surface area contributed by atoms with Crippen molar-refractivity contribution < 1.29 is 0 Å². The van der Waals surface area contributed by atoms with Gasteiger partial charge in [-0.25, -0.2) is 0 Å². The predicted octanol–water partition coefficient (Wildman–Crippen LogP) is 2.16. The van der Waals surface area contributed by atoms with Crippen molar-refractivity contribution in [1.29, 1.82) is 0 Å². The zero-order chi connectivity index (χ0) is 10.6. The molecule has 0 aromatic heterocycles. The van der Waals surface area contributed by atoms with E-state index in [1.165, 1.54) is 64.7 Å². The first kappa shape index (κ1) is 11.4. The van der Waals surface area contributed by atoms with Gasteiger partial charge < -0.3 is 10.6 Å². The number of hydrogen-bond donors (Lipinski definition) is 2. The molecule has 1 aliphatic carbocycles. The molecule has 2 nitrogen and oxygen atoms in total. The predicted molar refractivity (Wildman–Crippen MR) is 65.0 cm³/mol. The van der Waals surface area contributed by atoms with Gasteiger partial charge in [0.15, 0.2) is 0 Å². The Morgan fingerprint density at radius 2 is 2.27 bits per heavy atom. The molecule has 88 valence electrons. The molecule has 1 atom stereocenters. The second-order valence-corrected chi connectivity index (χ2v) is 5.60. The molecule has 0 amide bonds. The maximum absolute atomic E-state index is 3.70. The zero-order valence-electron chi connectivity index (χ0n) is 10.1. The quantitative estimate of drug-likeness (QED) is 0.702. The van der Waals surface area contributed by atoms with Crippen molar-refractivity contribution in [3.05, 3.63) is 0 Å². The molecule has 1 unspecified atom stereocenters. The smallest absolute Gasteiger partial charge is 0.00201 e. The fraction of sp³-hybridized carbons (Fsp3) is 1.00. The molecule has 2 rings (SSSR count). The van der Waals surface area contributed by atoms with Gasteiger partial charge in [-0.05, 0) is 56.5 Å². The van der Waals surface area contributed by atoms with Gasteiger partial charge >= 0.3 is 0 Å². The molecule has 1 saturated carbocycles. The van der Waals surface area contributed by atoms with Crippen LogP contribution in [0.2, 0.25) is 0 Å². The summed E-state index contributed by atoms with van der Waals surface area (Å²) >= 11 is 0. The molecule has 0 spiro atoms. The van der Waals surface area contributed by atoms with E-state index in [0.29, 0.717) is 5.41 Å². The van der Waals surface area contributed by atoms with Gasteiger partial charge in [0.2, 0.25) is 0 Å². The highest BCUT2D eigenvalue weighted by Gasteiger charge is 2.31. The Kier molecular flexibility index (Phi) is 4.04. The monoisotopic (exact) mass is 210 g/mol. The highest BCUT2D eigenvalue weighted by Crippen LogP contribution is 2.32. The number of piperidine rings is 1. The Morgan fingerprint density at radius 1 is 1.40 bits per heavy atom. The Balaban J connectivity index is 1.74. The average Bonchev–Trinajstić information content (AvgIpc) is 3.04. The summed E-state index contributed by atoms with van der Waals surface area (Å²) in [5, 5.41) is 7.28. The second-order valence-electron chi connectivity index (χ2n) is 5.60. The number of nitrogens with one attached hydrogen (secondary N) is 2. The van der Waals surface area contributed by atoms with Crippen LogP contribution >= 0.6 is 0 Å². The summed E-state index contributed by atoms with van der Waals surface area (Å²) in [4.78, 5) is 0. The van der Waals surface area contributed by atoms with Gasteiger partial charge in [-0.1, -0.05) is 13.3 Å². The fourth-order valence-corrected chi connectivity index (χ4v) is 2.88. The molecule has 1 saturated heterocycles. The largest absolute Gasteiger partial charge is 0.316 e. The van der Waals surface area contributed by atoms with Crippen LogP contribution in [0, 0.1) is 11.3 Å². The minimum atomic E-state index is 0.571. The summed E-state index contributed by atoms with van der Waals surface area (Å²) in [7, 11) is 0. The van der Waals surface area contributed by atoms with E-state index in [0.717, 1.165) is 5.92 Å². The van der Waals surface area contributed by atoms with Gasteiger partial charge in [-0.15, -0.1) is 0 Å². The molecule has 15 heavy (non-hydrogen) atoms. The summed E-state index contributed by atoms with van der Waals surface area (Å²) < 4.78 is 0. The van der Waals surface area contributed by atoms with E-state index >= 15 is 0 Å². The van der Waals surface area contributed by atoms with Gasteiger partial charge in [0.1, 0.15) is 0 Å². The van der Waals surface area contributed by atoms with Gasteiger partial charge in [0.05, 0.1) is 0 Å². The lowest BCUT2D eigenvalue weighted by Gasteiger charge is -2.38. The van der Waals surface area contributed by atoms with E-state index in [-0.39, 0.29) is 0 Å². The zero-order valence-corrected chi connectivity index (χ0v) is 10.1. The van der Waals surface area contributed by atoms with Crippen LogP contribution in [0.25, 0.3) is 0 Å². The summed E-state index contributed by atoms with van der Waals surface area (Å²) in [6.07, 6.45) is 8.43. The Bertz CT molecular complexity index is 175. The lowest BCUT2D eigenvalue weighted by atomic mass is 9.77. The first-order valence-corrected chi connectivity index (χ1v) is 6.76. The van der Waals surface area contributed by atoms with Crippen LogP contribution in [0.5, 0.6) is 0 Å². The van der Waals surface area contributed by atoms with E-state index < -0.39 is 0 Å². The average molecular weight is 210 g/mol. The van der Waals surface area contributed by atoms with Gasteiger partial charge in [0.25, 0.3) is 0 Å². The molecule has 2 aliphatic rings. The molecule has 0 aromatic carbocycles. The van der Waals surface area contributed by atoms with Crippen LogP contribution in [-0.4, -0.2) is 26.2 Å². The Morgan fingerprint density at radius 3 is 2.87 bits per heavy atom. The fourth-order valence-electron chi connectivity index (χ4n) is 2.88. The third-order valence-electron chi connectivity index (χ3n) is 3.97. The Labute approximate surface area is 94.2 Å². The Hall–Kier alpha value is -0.0800. The third-order valence-corrected chi connectivity index (χ3v) is 3.97. The summed E-state index contributed by atoms with van der Waals surface area (Å²) in [6, 6.07) is 0. The van der Waals surface area contributed by atoms with Crippen LogP contribution in [0.1, 0.15) is 45.4 Å². The second kappa shape index (κ2) is 5.31. The van der Waals surface area contributed by atoms with Crippen LogP contribution in [0.4, 0.5) is 0 Å². The number of rotatable bonds is 6. The molecule has 0 bridgehead atoms. The maximum Gasteiger partial charge on any atom is 0.00201 e. The SMILES string of the molecule is CCCC1(CNCC2CC2)CCCNC1. The van der Waals surface area contributed by atoms with E-state index in [1.807, 2.05) is 0 Å². The molecule has 2 heteroatoms. The topological polar surface area (TPSA) is 24.1 Å². The first-order chi connectivity index (χ1) is 7.35. The van der Waals surface area contributed by atoms with Crippen molar-refractivity contribution in [2.75, 3.05) is 26.2 Å². The molecular formula is C13H26N2. The van der Waals surface area contributed by atoms with Crippen LogP contribution in [0.3, 0.4) is 0 Å². The molecule has 2 fully saturated rings. The standard InChI is InChI=1S/C13H26N2/c1-2-6-13(7-3-8-14-10-13)11-15-9-12-4-5-12/h12,14-15H,2-11H2,1H3. The summed E-state index contributed by atoms with van der Waals surface area (Å²) in [6.45, 7) is 7.29. The van der Waals surface area contributed by atoms with Crippen molar-refractivity contribution in [1.82, 2.24) is 10.6 Å². The van der Waals surface area contributed by atoms with Crippen molar-refractivity contribution in [3.8, 4) is 0 Å². The third kappa shape index (κ3) is 3.46. The van der Waals surface area contributed by atoms with E-state index in [1.54, 1.807) is 0 Å². The van der Waals surface area contributed by atoms with Crippen LogP contribution in [0.15, 0.2) is 0 Å². The van der Waals surface area contributed by atoms with E-state index in [2.05, 4.69) is 17.6 Å². The molecule has 0 aromatic rings. The summed E-state index contributed by atoms with van der Waals surface area (Å²) in [5.41, 5.74) is 0.571. The van der Waals surface area contributed by atoms with Crippen LogP contribution in [-0.2, 0) is 0 Å². The van der Waals surface area contributed by atoms with Crippen LogP contribution < -0.4 is 10.6 Å². The minimum absolute atomic E-state index is 0.571. The summed E-state index contributed by atoms with van der Waals surface area (Å²) in [5.74, 6) is 1.01. The van der Waals surface area contributed by atoms with Gasteiger partial charge in [-0.2, -0.15) is 0 Å². The highest BCUT2D eigenvalue weighted by atomic mass is 14.9. The molecular weight excluding hydrogens is 184 g/mol. The van der Waals surface area contributed by atoms with E-state index in [4.69, 9.17) is 0 Å². The first-order valence-electron chi connectivity index (χ1n) is 6.76. The minimum Gasteiger partial charge on any atom is -0.316 e. The maximum atomic E-state index is 3.70. The lowest BCUT2D eigenvalue weighted by molar-refractivity contribution is 0.182. The van der Waals surface area contributed by atoms with Crippen molar-refractivity contribution in [2.45, 2.75) is 45.4 Å². The normalized spacial score (nSPS) is 31.8. The van der Waals surface area contributed by atoms with Crippen molar-refractivity contribution in [3.63, 3.8) is 0 Å². The molecule has 2 N–H and O–H groups in total. The van der Waals surface area contributed by atoms with Gasteiger partial charge in [0, 0.05) is 13.1 Å². The molecule has 1 heterocycles. The molecule has 0 radical (unpaired) electrons. The van der Waals surface area contributed by atoms with E-state index in [9.17, 15) is 0 Å². The number of hydrogen-bond acceptors (Lipinski definition) is 2. The molecule has 1 aliphatic heterocycles. The lowest BCUT2D eigenvalue weighted by Crippen LogP contribution is -2.46.